The Morgan fingerprint density at radius 1 is 1.19 bits per heavy atom. The predicted octanol–water partition coefficient (Wildman–Crippen LogP) is 5.42. The molecule has 1 aromatic heterocycles. The van der Waals surface area contributed by atoms with Crippen LogP contribution >= 0.6 is 11.6 Å². The Balaban J connectivity index is 2.00. The van der Waals surface area contributed by atoms with E-state index in [1.54, 1.807) is 0 Å². The van der Waals surface area contributed by atoms with Crippen LogP contribution in [0.1, 0.15) is 46.4 Å². The third-order valence-electron chi connectivity index (χ3n) is 5.69. The lowest BCUT2D eigenvalue weighted by atomic mass is 10.0. The van der Waals surface area contributed by atoms with Crippen LogP contribution in [0.3, 0.4) is 0 Å². The van der Waals surface area contributed by atoms with E-state index in [0.717, 1.165) is 28.3 Å². The van der Waals surface area contributed by atoms with Gasteiger partial charge in [-0.2, -0.15) is 0 Å². The van der Waals surface area contributed by atoms with E-state index >= 15 is 0 Å². The number of furan rings is 1. The molecule has 3 heteroatoms. The van der Waals surface area contributed by atoms with Crippen molar-refractivity contribution in [2.75, 3.05) is 6.54 Å². The Morgan fingerprint density at radius 2 is 1.86 bits per heavy atom. The van der Waals surface area contributed by atoms with Crippen LogP contribution < -0.4 is 5.32 Å². The number of rotatable bonds is 4. The maximum atomic E-state index is 6.10. The molecule has 1 unspecified atom stereocenters. The molecule has 0 radical (unpaired) electrons. The molecule has 0 bridgehead atoms. The lowest BCUT2D eigenvalue weighted by Gasteiger charge is -2.17. The number of benzene rings is 1. The monoisotopic (exact) mass is 305 g/mol. The van der Waals surface area contributed by atoms with Crippen molar-refractivity contribution in [1.29, 1.82) is 0 Å². The van der Waals surface area contributed by atoms with E-state index < -0.39 is 0 Å². The van der Waals surface area contributed by atoms with Crippen molar-refractivity contribution in [3.8, 4) is 0 Å². The highest BCUT2D eigenvalue weighted by atomic mass is 35.5. The summed E-state index contributed by atoms with van der Waals surface area (Å²) in [5, 5.41) is 5.45. The average Bonchev–Trinajstić information content (AvgIpc) is 2.74. The molecule has 1 aliphatic rings. The minimum Gasteiger partial charge on any atom is -0.459 e. The molecule has 0 amide bonds. The van der Waals surface area contributed by atoms with Gasteiger partial charge in [-0.25, -0.2) is 0 Å². The van der Waals surface area contributed by atoms with E-state index in [9.17, 15) is 0 Å². The van der Waals surface area contributed by atoms with Crippen molar-refractivity contribution in [2.24, 2.45) is 16.7 Å². The Kier molecular flexibility index (Phi) is 3.38. The van der Waals surface area contributed by atoms with Gasteiger partial charge in [0.25, 0.3) is 0 Å². The van der Waals surface area contributed by atoms with E-state index in [-0.39, 0.29) is 6.04 Å². The first kappa shape index (κ1) is 14.9. The molecule has 0 aliphatic heterocycles. The Morgan fingerprint density at radius 3 is 2.43 bits per heavy atom. The molecule has 1 atom stereocenters. The Bertz CT molecular complexity index is 657. The first-order valence-corrected chi connectivity index (χ1v) is 8.09. The van der Waals surface area contributed by atoms with Crippen LogP contribution in [-0.2, 0) is 0 Å². The van der Waals surface area contributed by atoms with Crippen LogP contribution in [0.5, 0.6) is 0 Å². The molecule has 1 saturated carbocycles. The molecule has 1 heterocycles. The molecule has 21 heavy (non-hydrogen) atoms. The summed E-state index contributed by atoms with van der Waals surface area (Å²) in [7, 11) is 0. The van der Waals surface area contributed by atoms with Crippen LogP contribution in [0, 0.1) is 16.7 Å². The van der Waals surface area contributed by atoms with Crippen molar-refractivity contribution in [3.05, 3.63) is 35.0 Å². The number of hydrogen-bond acceptors (Lipinski definition) is 2. The molecule has 0 spiro atoms. The lowest BCUT2D eigenvalue weighted by Crippen LogP contribution is -2.24. The molecule has 1 aliphatic carbocycles. The number of fused-ring (bicyclic) bond motifs is 1. The lowest BCUT2D eigenvalue weighted by molar-refractivity contribution is 0.356. The summed E-state index contributed by atoms with van der Waals surface area (Å²) in [6, 6.07) is 8.19. The van der Waals surface area contributed by atoms with Gasteiger partial charge in [0.15, 0.2) is 0 Å². The molecule has 1 fully saturated rings. The zero-order valence-electron chi connectivity index (χ0n) is 13.5. The second kappa shape index (κ2) is 4.76. The minimum atomic E-state index is 0.256. The van der Waals surface area contributed by atoms with Gasteiger partial charge in [0.1, 0.15) is 11.3 Å². The van der Waals surface area contributed by atoms with Crippen LogP contribution in [0.25, 0.3) is 11.0 Å². The van der Waals surface area contributed by atoms with Crippen LogP contribution in [0.15, 0.2) is 28.7 Å². The highest BCUT2D eigenvalue weighted by molar-refractivity contribution is 6.31. The second-order valence-electron chi connectivity index (χ2n) is 7.29. The van der Waals surface area contributed by atoms with Crippen LogP contribution in [0.4, 0.5) is 0 Å². The molecule has 2 aromatic rings. The van der Waals surface area contributed by atoms with Crippen molar-refractivity contribution in [1.82, 2.24) is 5.32 Å². The van der Waals surface area contributed by atoms with E-state index in [1.807, 2.05) is 18.2 Å². The van der Waals surface area contributed by atoms with E-state index in [4.69, 9.17) is 16.0 Å². The van der Waals surface area contributed by atoms with Gasteiger partial charge in [0.05, 0.1) is 6.04 Å². The van der Waals surface area contributed by atoms with Crippen molar-refractivity contribution in [3.63, 3.8) is 0 Å². The number of hydrogen-bond donors (Lipinski definition) is 1. The largest absolute Gasteiger partial charge is 0.459 e. The van der Waals surface area contributed by atoms with Gasteiger partial charge in [0.2, 0.25) is 0 Å². The maximum Gasteiger partial charge on any atom is 0.134 e. The Hall–Kier alpha value is -0.990. The molecule has 0 saturated heterocycles. The summed E-state index contributed by atoms with van der Waals surface area (Å²) in [6.07, 6.45) is 0. The fourth-order valence-electron chi connectivity index (χ4n) is 3.87. The van der Waals surface area contributed by atoms with E-state index in [1.165, 1.54) is 0 Å². The third-order valence-corrected chi connectivity index (χ3v) is 5.93. The van der Waals surface area contributed by atoms with Gasteiger partial charge in [-0.15, -0.1) is 0 Å². The first-order valence-electron chi connectivity index (χ1n) is 7.71. The predicted molar refractivity (Wildman–Crippen MR) is 88.7 cm³/mol. The summed E-state index contributed by atoms with van der Waals surface area (Å²) in [6.45, 7) is 12.5. The van der Waals surface area contributed by atoms with E-state index in [0.29, 0.717) is 16.7 Å². The van der Waals surface area contributed by atoms with Gasteiger partial charge in [0, 0.05) is 10.4 Å². The van der Waals surface area contributed by atoms with Gasteiger partial charge < -0.3 is 9.73 Å². The van der Waals surface area contributed by atoms with Crippen LogP contribution in [-0.4, -0.2) is 6.54 Å². The zero-order chi connectivity index (χ0) is 15.4. The minimum absolute atomic E-state index is 0.256. The quantitative estimate of drug-likeness (QED) is 0.816. The summed E-state index contributed by atoms with van der Waals surface area (Å²) in [5.41, 5.74) is 1.54. The zero-order valence-corrected chi connectivity index (χ0v) is 14.2. The van der Waals surface area contributed by atoms with Crippen LogP contribution in [0.2, 0.25) is 5.02 Å². The summed E-state index contributed by atoms with van der Waals surface area (Å²) < 4.78 is 6.10. The fraction of sp³-hybridized carbons (Fsp3) is 0.556. The molecular formula is C18H24ClNO. The first-order chi connectivity index (χ1) is 9.79. The summed E-state index contributed by atoms with van der Waals surface area (Å²) >= 11 is 6.08. The smallest absolute Gasteiger partial charge is 0.134 e. The highest BCUT2D eigenvalue weighted by Crippen LogP contribution is 2.72. The molecule has 3 rings (SSSR count). The molecular weight excluding hydrogens is 282 g/mol. The van der Waals surface area contributed by atoms with Gasteiger partial charge >= 0.3 is 0 Å². The molecule has 1 N–H and O–H groups in total. The fourth-order valence-corrected chi connectivity index (χ4v) is 4.05. The normalized spacial score (nSPS) is 21.6. The summed E-state index contributed by atoms with van der Waals surface area (Å²) in [4.78, 5) is 0. The van der Waals surface area contributed by atoms with Gasteiger partial charge in [-0.1, -0.05) is 46.2 Å². The second-order valence-corrected chi connectivity index (χ2v) is 7.72. The van der Waals surface area contributed by atoms with Crippen molar-refractivity contribution < 1.29 is 4.42 Å². The maximum absolute atomic E-state index is 6.10. The number of nitrogens with one attached hydrogen (secondary N) is 1. The molecule has 2 nitrogen and oxygen atoms in total. The SMILES string of the molecule is CCNC(c1cc2cc(Cl)ccc2o1)C1C(C)(C)C1(C)C. The highest BCUT2D eigenvalue weighted by Gasteiger charge is 2.67. The summed E-state index contributed by atoms with van der Waals surface area (Å²) in [5.74, 6) is 1.60. The topological polar surface area (TPSA) is 25.2 Å². The van der Waals surface area contributed by atoms with Gasteiger partial charge in [-0.3, -0.25) is 0 Å². The average molecular weight is 306 g/mol. The standard InChI is InChI=1S/C18H24ClNO/c1-6-20-15(16-17(2,3)18(16,4)5)14-10-11-9-12(19)7-8-13(11)21-14/h7-10,15-16,20H,6H2,1-5H3. The molecule has 1 aromatic carbocycles. The van der Waals surface area contributed by atoms with Gasteiger partial charge in [-0.05, 0) is 47.6 Å². The van der Waals surface area contributed by atoms with Crippen molar-refractivity contribution in [2.45, 2.75) is 40.7 Å². The van der Waals surface area contributed by atoms with E-state index in [2.05, 4.69) is 46.0 Å². The number of halogens is 1. The molecule has 114 valence electrons. The Labute approximate surface area is 131 Å². The van der Waals surface area contributed by atoms with Crippen molar-refractivity contribution >= 4 is 22.6 Å². The third kappa shape index (κ3) is 2.20.